The van der Waals surface area contributed by atoms with E-state index in [9.17, 15) is 40.5 Å². The van der Waals surface area contributed by atoms with Crippen LogP contribution in [0.2, 0.25) is 0 Å². The normalized spacial score (nSPS) is 26.7. The minimum absolute atomic E-state index is 0.0458. The van der Waals surface area contributed by atoms with Gasteiger partial charge in [-0.2, -0.15) is 0 Å². The Kier molecular flexibility index (Phi) is 36.2. The highest BCUT2D eigenvalue weighted by Gasteiger charge is 2.47. The minimum Gasteiger partial charge on any atom is -0.457 e. The van der Waals surface area contributed by atoms with Gasteiger partial charge in [0, 0.05) is 13.0 Å². The predicted octanol–water partition coefficient (Wildman–Crippen LogP) is 7.57. The number of hydrogen-bond acceptors (Lipinski definition) is 14. The number of aliphatic hydroxyl groups excluding tert-OH is 7. The molecule has 11 unspecified atom stereocenters. The number of rotatable bonds is 40. The van der Waals surface area contributed by atoms with Crippen molar-refractivity contribution in [2.24, 2.45) is 0 Å². The number of unbranched alkanes of at least 4 members (excludes halogenated alkanes) is 18. The Bertz CT molecular complexity index is 1280. The van der Waals surface area contributed by atoms with Crippen LogP contribution in [0.1, 0.15) is 174 Å². The summed E-state index contributed by atoms with van der Waals surface area (Å²) in [6.45, 7) is 3.53. The van der Waals surface area contributed by atoms with Gasteiger partial charge in [0.15, 0.2) is 12.6 Å². The second-order valence-electron chi connectivity index (χ2n) is 18.0. The van der Waals surface area contributed by atoms with E-state index in [0.717, 1.165) is 57.8 Å². The molecule has 7 N–H and O–H groups in total. The number of carbonyl (C=O) groups excluding carboxylic acids is 1. The molecule has 14 heteroatoms. The van der Waals surface area contributed by atoms with E-state index >= 15 is 0 Å². The van der Waals surface area contributed by atoms with Crippen molar-refractivity contribution in [1.29, 1.82) is 0 Å². The van der Waals surface area contributed by atoms with Crippen LogP contribution in [0.25, 0.3) is 0 Å². The van der Waals surface area contributed by atoms with E-state index < -0.39 is 86.7 Å². The molecule has 11 atom stereocenters. The summed E-state index contributed by atoms with van der Waals surface area (Å²) in [6.07, 6.45) is 28.9. The van der Waals surface area contributed by atoms with Gasteiger partial charge in [0.2, 0.25) is 0 Å². The quantitative estimate of drug-likeness (QED) is 0.0179. The Balaban J connectivity index is 1.78. The van der Waals surface area contributed by atoms with Gasteiger partial charge >= 0.3 is 5.97 Å². The van der Waals surface area contributed by atoms with Gasteiger partial charge < -0.3 is 64.2 Å². The summed E-state index contributed by atoms with van der Waals surface area (Å²) in [6, 6.07) is 0. The van der Waals surface area contributed by atoms with Crippen molar-refractivity contribution in [3.05, 3.63) is 48.6 Å². The number of ether oxygens (including phenoxy) is 6. The van der Waals surface area contributed by atoms with Crippen molar-refractivity contribution in [2.75, 3.05) is 33.0 Å². The first kappa shape index (κ1) is 60.1. The Morgan fingerprint density at radius 3 is 1.52 bits per heavy atom. The molecule has 2 fully saturated rings. The third-order valence-electron chi connectivity index (χ3n) is 12.1. The minimum atomic E-state index is -1.71. The van der Waals surface area contributed by atoms with Gasteiger partial charge in [-0.25, -0.2) is 0 Å². The molecule has 2 saturated heterocycles. The third-order valence-corrected chi connectivity index (χ3v) is 12.1. The molecule has 0 radical (unpaired) electrons. The van der Waals surface area contributed by atoms with Gasteiger partial charge in [0.25, 0.3) is 0 Å². The zero-order chi connectivity index (χ0) is 48.0. The first-order valence-electron chi connectivity index (χ1n) is 25.7. The highest BCUT2D eigenvalue weighted by molar-refractivity contribution is 5.69. The van der Waals surface area contributed by atoms with Crippen LogP contribution >= 0.6 is 0 Å². The van der Waals surface area contributed by atoms with Crippen LogP contribution in [0.15, 0.2) is 48.6 Å². The van der Waals surface area contributed by atoms with E-state index in [1.54, 1.807) is 0 Å². The summed E-state index contributed by atoms with van der Waals surface area (Å²) in [4.78, 5) is 13.0. The maximum Gasteiger partial charge on any atom is 0.306 e. The van der Waals surface area contributed by atoms with E-state index in [1.165, 1.54) is 89.9 Å². The van der Waals surface area contributed by atoms with E-state index in [0.29, 0.717) is 13.0 Å². The average molecular weight is 941 g/mol. The van der Waals surface area contributed by atoms with Gasteiger partial charge in [-0.1, -0.05) is 165 Å². The second kappa shape index (κ2) is 39.8. The van der Waals surface area contributed by atoms with Crippen LogP contribution < -0.4 is 0 Å². The first-order chi connectivity index (χ1) is 32.1. The SMILES string of the molecule is CC/C=C\C/C=C\C/C=C\C/C=C\CCCCC(=O)OC(COCCCCCCCCCCCCCCCCCCC)COC1OC(COC2OC(CO)C(O)C(O)C2O)C(O)C(O)C1O. The molecule has 0 aromatic rings. The Hall–Kier alpha value is -2.05. The van der Waals surface area contributed by atoms with Crippen molar-refractivity contribution >= 4 is 5.97 Å². The summed E-state index contributed by atoms with van der Waals surface area (Å²) in [5.74, 6) is -0.415. The van der Waals surface area contributed by atoms with Crippen molar-refractivity contribution < 1.29 is 69.0 Å². The third kappa shape index (κ3) is 27.2. The zero-order valence-electron chi connectivity index (χ0n) is 40.7. The molecule has 66 heavy (non-hydrogen) atoms. The second-order valence-corrected chi connectivity index (χ2v) is 18.0. The van der Waals surface area contributed by atoms with Crippen molar-refractivity contribution in [3.8, 4) is 0 Å². The molecular weight excluding hydrogens is 849 g/mol. The first-order valence-corrected chi connectivity index (χ1v) is 25.7. The number of allylic oxidation sites excluding steroid dienone is 8. The Morgan fingerprint density at radius 1 is 0.515 bits per heavy atom. The summed E-state index contributed by atoms with van der Waals surface area (Å²) in [5, 5.41) is 72.1. The summed E-state index contributed by atoms with van der Waals surface area (Å²) in [7, 11) is 0. The molecule has 384 valence electrons. The number of aliphatic hydroxyl groups is 7. The maximum atomic E-state index is 13.0. The molecule has 0 amide bonds. The molecule has 0 saturated carbocycles. The summed E-state index contributed by atoms with van der Waals surface area (Å²) < 4.78 is 34.2. The van der Waals surface area contributed by atoms with Crippen LogP contribution in [-0.2, 0) is 33.2 Å². The van der Waals surface area contributed by atoms with Crippen molar-refractivity contribution in [1.82, 2.24) is 0 Å². The molecule has 2 rings (SSSR count). The van der Waals surface area contributed by atoms with Crippen LogP contribution in [0, 0.1) is 0 Å². The molecule has 2 aliphatic rings. The maximum absolute atomic E-state index is 13.0. The van der Waals surface area contributed by atoms with E-state index in [-0.39, 0.29) is 19.6 Å². The topological polar surface area (TPSA) is 214 Å². The molecule has 2 heterocycles. The van der Waals surface area contributed by atoms with Gasteiger partial charge in [0.05, 0.1) is 26.4 Å². The lowest BCUT2D eigenvalue weighted by Crippen LogP contribution is -2.61. The molecule has 0 aromatic carbocycles. The highest BCUT2D eigenvalue weighted by Crippen LogP contribution is 2.26. The molecule has 14 nitrogen and oxygen atoms in total. The molecule has 0 spiro atoms. The summed E-state index contributed by atoms with van der Waals surface area (Å²) in [5.41, 5.74) is 0. The van der Waals surface area contributed by atoms with Gasteiger partial charge in [-0.05, 0) is 51.4 Å². The predicted molar refractivity (Wildman–Crippen MR) is 256 cm³/mol. The fourth-order valence-electron chi connectivity index (χ4n) is 7.92. The van der Waals surface area contributed by atoms with Crippen molar-refractivity contribution in [3.63, 3.8) is 0 Å². The highest BCUT2D eigenvalue weighted by atomic mass is 16.7. The van der Waals surface area contributed by atoms with Crippen LogP contribution in [0.3, 0.4) is 0 Å². The lowest BCUT2D eigenvalue weighted by Gasteiger charge is -2.42. The van der Waals surface area contributed by atoms with Crippen LogP contribution in [-0.4, -0.2) is 142 Å². The Morgan fingerprint density at radius 2 is 0.985 bits per heavy atom. The zero-order valence-corrected chi connectivity index (χ0v) is 40.7. The monoisotopic (exact) mass is 941 g/mol. The average Bonchev–Trinajstić information content (AvgIpc) is 3.31. The smallest absolute Gasteiger partial charge is 0.306 e. The molecule has 0 bridgehead atoms. The van der Waals surface area contributed by atoms with Gasteiger partial charge in [-0.15, -0.1) is 0 Å². The fourth-order valence-corrected chi connectivity index (χ4v) is 7.92. The molecule has 0 aromatic heterocycles. The molecular formula is C52H92O14. The number of carbonyl (C=O) groups is 1. The number of hydrogen-bond donors (Lipinski definition) is 7. The lowest BCUT2D eigenvalue weighted by atomic mass is 9.98. The van der Waals surface area contributed by atoms with Crippen LogP contribution in [0.5, 0.6) is 0 Å². The van der Waals surface area contributed by atoms with Crippen LogP contribution in [0.4, 0.5) is 0 Å². The molecule has 0 aliphatic carbocycles. The standard InChI is InChI=1S/C52H92O14/c1-3-5-7-9-11-13-15-17-19-20-22-24-26-28-30-32-34-36-61-38-41(64-44(54)35-33-31-29-27-25-23-21-18-16-14-12-10-8-6-4-2)39-62-51-50(60)48(58)46(56)43(66-51)40-63-52-49(59)47(57)45(55)42(37-53)65-52/h6,8,12,14,18,21,25,27,41-43,45-53,55-60H,3-5,7,9-11,13,15-17,19-20,22-24,26,28-40H2,1-2H3/b8-6-,14-12-,21-18-,27-25-. The van der Waals surface area contributed by atoms with Gasteiger partial charge in [-0.3, -0.25) is 4.79 Å². The largest absolute Gasteiger partial charge is 0.457 e. The summed E-state index contributed by atoms with van der Waals surface area (Å²) >= 11 is 0. The Labute approximate surface area is 397 Å². The lowest BCUT2D eigenvalue weighted by molar-refractivity contribution is -0.332. The number of esters is 1. The van der Waals surface area contributed by atoms with E-state index in [1.807, 2.05) is 0 Å². The molecule has 2 aliphatic heterocycles. The van der Waals surface area contributed by atoms with Crippen molar-refractivity contribution in [2.45, 2.75) is 242 Å². The fraction of sp³-hybridized carbons (Fsp3) is 0.827. The van der Waals surface area contributed by atoms with E-state index in [2.05, 4.69) is 62.5 Å². The van der Waals surface area contributed by atoms with Gasteiger partial charge in [0.1, 0.15) is 54.9 Å². The van der Waals surface area contributed by atoms with E-state index in [4.69, 9.17) is 28.4 Å².